The maximum absolute atomic E-state index is 12.2. The highest BCUT2D eigenvalue weighted by atomic mass is 16.2. The van der Waals surface area contributed by atoms with Crippen LogP contribution in [0.15, 0.2) is 0 Å². The molecule has 0 fully saturated rings. The molecule has 0 spiro atoms. The molecule has 8 nitrogen and oxygen atoms in total. The lowest BCUT2D eigenvalue weighted by molar-refractivity contribution is -0.130. The molecule has 0 aliphatic rings. The molecule has 134 valence electrons. The summed E-state index contributed by atoms with van der Waals surface area (Å²) >= 11 is 0. The van der Waals surface area contributed by atoms with Crippen LogP contribution in [0.5, 0.6) is 0 Å². The van der Waals surface area contributed by atoms with E-state index in [1.54, 1.807) is 0 Å². The fourth-order valence-electron chi connectivity index (χ4n) is 1.87. The average molecular weight is 329 g/mol. The van der Waals surface area contributed by atoms with Gasteiger partial charge >= 0.3 is 6.03 Å². The summed E-state index contributed by atoms with van der Waals surface area (Å²) in [4.78, 5) is 34.9. The topological polar surface area (TPSA) is 139 Å². The van der Waals surface area contributed by atoms with E-state index in [1.807, 2.05) is 20.8 Å². The number of primary amides is 1. The molecule has 23 heavy (non-hydrogen) atoms. The van der Waals surface area contributed by atoms with E-state index < -0.39 is 18.1 Å². The first-order valence-electron chi connectivity index (χ1n) is 8.16. The molecular weight excluding hydrogens is 298 g/mol. The molecule has 2 atom stereocenters. The van der Waals surface area contributed by atoms with Gasteiger partial charge in [0, 0.05) is 13.1 Å². The molecule has 4 amide bonds. The van der Waals surface area contributed by atoms with Crippen molar-refractivity contribution < 1.29 is 14.4 Å². The Bertz CT molecular complexity index is 387. The number of hydrogen-bond acceptors (Lipinski definition) is 4. The van der Waals surface area contributed by atoms with Crippen LogP contribution in [0.1, 0.15) is 46.5 Å². The number of hydrogen-bond donors (Lipinski definition) is 5. The first-order valence-corrected chi connectivity index (χ1v) is 8.16. The Labute approximate surface area is 138 Å². The highest BCUT2D eigenvalue weighted by Gasteiger charge is 2.24. The normalized spacial score (nSPS) is 13.3. The molecule has 0 radical (unpaired) electrons. The molecule has 0 aromatic carbocycles. The second kappa shape index (κ2) is 11.7. The summed E-state index contributed by atoms with van der Waals surface area (Å²) in [5.74, 6) is -0.601. The van der Waals surface area contributed by atoms with Crippen LogP contribution < -0.4 is 27.4 Å². The van der Waals surface area contributed by atoms with Gasteiger partial charge in [-0.2, -0.15) is 0 Å². The van der Waals surface area contributed by atoms with E-state index in [0.29, 0.717) is 25.9 Å². The van der Waals surface area contributed by atoms with Crippen LogP contribution in [-0.4, -0.2) is 43.0 Å². The predicted octanol–water partition coefficient (Wildman–Crippen LogP) is -0.181. The third kappa shape index (κ3) is 9.72. The van der Waals surface area contributed by atoms with E-state index in [9.17, 15) is 14.4 Å². The van der Waals surface area contributed by atoms with Crippen LogP contribution in [0.2, 0.25) is 0 Å². The Morgan fingerprint density at radius 2 is 1.61 bits per heavy atom. The van der Waals surface area contributed by atoms with Gasteiger partial charge in [0.2, 0.25) is 11.8 Å². The molecule has 0 saturated heterocycles. The van der Waals surface area contributed by atoms with E-state index in [2.05, 4.69) is 16.0 Å². The van der Waals surface area contributed by atoms with Gasteiger partial charge in [0.25, 0.3) is 0 Å². The molecule has 0 heterocycles. The maximum Gasteiger partial charge on any atom is 0.312 e. The molecule has 0 rings (SSSR count). The standard InChI is InChI=1S/C15H31N5O3/c1-4-5-8-18-13(21)11(7-6-9-19-15(17)23)20-14(22)12(16)10(2)3/h10-12H,4-9,16H2,1-3H3,(H,18,21)(H,20,22)(H3,17,19,23)/t11-,12-/m0/s1. The summed E-state index contributed by atoms with van der Waals surface area (Å²) in [6.45, 7) is 6.63. The first kappa shape index (κ1) is 21.2. The lowest BCUT2D eigenvalue weighted by Crippen LogP contribution is -2.53. The Hall–Kier alpha value is -1.83. The van der Waals surface area contributed by atoms with Gasteiger partial charge in [-0.05, 0) is 25.2 Å². The summed E-state index contributed by atoms with van der Waals surface area (Å²) in [6, 6.07) is -1.94. The Kier molecular flexibility index (Phi) is 10.8. The zero-order chi connectivity index (χ0) is 17.8. The van der Waals surface area contributed by atoms with Crippen molar-refractivity contribution in [1.29, 1.82) is 0 Å². The molecule has 0 bridgehead atoms. The Morgan fingerprint density at radius 3 is 2.13 bits per heavy atom. The molecule has 8 heteroatoms. The third-order valence-electron chi connectivity index (χ3n) is 3.45. The van der Waals surface area contributed by atoms with Gasteiger partial charge < -0.3 is 27.4 Å². The summed E-state index contributed by atoms with van der Waals surface area (Å²) in [5.41, 5.74) is 10.8. The number of carbonyl (C=O) groups excluding carboxylic acids is 3. The minimum absolute atomic E-state index is 0.0182. The highest BCUT2D eigenvalue weighted by molar-refractivity contribution is 5.89. The number of nitrogens with one attached hydrogen (secondary N) is 3. The van der Waals surface area contributed by atoms with Crippen molar-refractivity contribution in [3.63, 3.8) is 0 Å². The minimum Gasteiger partial charge on any atom is -0.354 e. The van der Waals surface area contributed by atoms with Gasteiger partial charge in [-0.3, -0.25) is 9.59 Å². The summed E-state index contributed by atoms with van der Waals surface area (Å²) < 4.78 is 0. The second-order valence-corrected chi connectivity index (χ2v) is 5.91. The molecule has 0 aliphatic carbocycles. The lowest BCUT2D eigenvalue weighted by Gasteiger charge is -2.22. The van der Waals surface area contributed by atoms with Crippen molar-refractivity contribution in [2.45, 2.75) is 58.5 Å². The van der Waals surface area contributed by atoms with Crippen molar-refractivity contribution in [3.8, 4) is 0 Å². The molecule has 0 unspecified atom stereocenters. The van der Waals surface area contributed by atoms with Crippen LogP contribution in [0.3, 0.4) is 0 Å². The summed E-state index contributed by atoms with van der Waals surface area (Å²) in [7, 11) is 0. The lowest BCUT2D eigenvalue weighted by atomic mass is 10.0. The Morgan fingerprint density at radius 1 is 1.00 bits per heavy atom. The first-order chi connectivity index (χ1) is 10.8. The minimum atomic E-state index is -0.668. The SMILES string of the molecule is CCCCNC(=O)[C@H](CCCNC(N)=O)NC(=O)[C@@H](N)C(C)C. The molecule has 7 N–H and O–H groups in total. The van der Waals surface area contributed by atoms with Crippen LogP contribution in [0, 0.1) is 5.92 Å². The van der Waals surface area contributed by atoms with Gasteiger partial charge in [-0.15, -0.1) is 0 Å². The molecule has 0 saturated carbocycles. The Balaban J connectivity index is 4.55. The number of urea groups is 1. The number of amides is 4. The predicted molar refractivity (Wildman–Crippen MR) is 89.5 cm³/mol. The maximum atomic E-state index is 12.2. The number of carbonyl (C=O) groups is 3. The van der Waals surface area contributed by atoms with E-state index in [1.165, 1.54) is 0 Å². The summed E-state index contributed by atoms with van der Waals surface area (Å²) in [5, 5.41) is 7.95. The van der Waals surface area contributed by atoms with Crippen molar-refractivity contribution in [3.05, 3.63) is 0 Å². The quantitative estimate of drug-likeness (QED) is 0.335. The second-order valence-electron chi connectivity index (χ2n) is 5.91. The zero-order valence-electron chi connectivity index (χ0n) is 14.4. The van der Waals surface area contributed by atoms with Crippen molar-refractivity contribution in [2.75, 3.05) is 13.1 Å². The van der Waals surface area contributed by atoms with Gasteiger partial charge in [0.15, 0.2) is 0 Å². The number of nitrogens with two attached hydrogens (primary N) is 2. The van der Waals surface area contributed by atoms with Gasteiger partial charge in [-0.1, -0.05) is 27.2 Å². The van der Waals surface area contributed by atoms with Gasteiger partial charge in [0.1, 0.15) is 6.04 Å². The van der Waals surface area contributed by atoms with E-state index >= 15 is 0 Å². The van der Waals surface area contributed by atoms with Crippen molar-refractivity contribution in [2.24, 2.45) is 17.4 Å². The zero-order valence-corrected chi connectivity index (χ0v) is 14.4. The fraction of sp³-hybridized carbons (Fsp3) is 0.800. The molecule has 0 aromatic rings. The molecular formula is C15H31N5O3. The monoisotopic (exact) mass is 329 g/mol. The number of unbranched alkanes of at least 4 members (excludes halogenated alkanes) is 1. The number of rotatable bonds is 11. The smallest absolute Gasteiger partial charge is 0.312 e. The van der Waals surface area contributed by atoms with Crippen LogP contribution in [0.25, 0.3) is 0 Å². The molecule has 0 aliphatic heterocycles. The van der Waals surface area contributed by atoms with Crippen molar-refractivity contribution >= 4 is 17.8 Å². The van der Waals surface area contributed by atoms with Gasteiger partial charge in [0.05, 0.1) is 6.04 Å². The largest absolute Gasteiger partial charge is 0.354 e. The third-order valence-corrected chi connectivity index (χ3v) is 3.45. The van der Waals surface area contributed by atoms with Crippen LogP contribution in [-0.2, 0) is 9.59 Å². The van der Waals surface area contributed by atoms with Crippen LogP contribution in [0.4, 0.5) is 4.79 Å². The van der Waals surface area contributed by atoms with Crippen molar-refractivity contribution in [1.82, 2.24) is 16.0 Å². The van der Waals surface area contributed by atoms with Crippen LogP contribution >= 0.6 is 0 Å². The van der Waals surface area contributed by atoms with E-state index in [0.717, 1.165) is 12.8 Å². The fourth-order valence-corrected chi connectivity index (χ4v) is 1.87. The summed E-state index contributed by atoms with van der Waals surface area (Å²) in [6.07, 6.45) is 2.76. The van der Waals surface area contributed by atoms with E-state index in [4.69, 9.17) is 11.5 Å². The average Bonchev–Trinajstić information content (AvgIpc) is 2.48. The highest BCUT2D eigenvalue weighted by Crippen LogP contribution is 2.02. The molecule has 0 aromatic heterocycles. The van der Waals surface area contributed by atoms with Gasteiger partial charge in [-0.25, -0.2) is 4.79 Å². The van der Waals surface area contributed by atoms with E-state index in [-0.39, 0.29) is 17.7 Å².